The number of hydrogen-bond acceptors (Lipinski definition) is 2. The van der Waals surface area contributed by atoms with Gasteiger partial charge in [-0.3, -0.25) is 4.79 Å². The van der Waals surface area contributed by atoms with Gasteiger partial charge < -0.3 is 10.1 Å². The first-order valence-electron chi connectivity index (χ1n) is 6.69. The molecule has 0 aromatic rings. The number of ether oxygens (including phenoxy) is 1. The van der Waals surface area contributed by atoms with E-state index in [0.29, 0.717) is 18.7 Å². The number of carbonyl (C=O) groups is 1. The monoisotopic (exact) mass is 375 g/mol. The van der Waals surface area contributed by atoms with Gasteiger partial charge in [-0.15, -0.1) is 0 Å². The molecule has 0 aromatic heterocycles. The van der Waals surface area contributed by atoms with E-state index in [4.69, 9.17) is 4.74 Å². The minimum absolute atomic E-state index is 0.0227. The van der Waals surface area contributed by atoms with E-state index in [1.807, 2.05) is 24.3 Å². The summed E-state index contributed by atoms with van der Waals surface area (Å²) in [6.07, 6.45) is 11.7. The molecule has 106 valence electrons. The van der Waals surface area contributed by atoms with Crippen LogP contribution in [0.4, 0.5) is 0 Å². The van der Waals surface area contributed by atoms with Crippen molar-refractivity contribution in [3.05, 3.63) is 36.0 Å². The Morgan fingerprint density at radius 1 is 1.42 bits per heavy atom. The first-order valence-corrected chi connectivity index (χ1v) is 7.76. The SMILES string of the molecule is CCCOCCCNC(=O)C1=CC=CC(C)(I)C=C1. The van der Waals surface area contributed by atoms with E-state index in [0.717, 1.165) is 19.4 Å². The van der Waals surface area contributed by atoms with E-state index >= 15 is 0 Å². The molecule has 1 unspecified atom stereocenters. The van der Waals surface area contributed by atoms with Gasteiger partial charge in [0.05, 0.1) is 3.42 Å². The Bertz CT molecular complexity index is 384. The van der Waals surface area contributed by atoms with Crippen LogP contribution >= 0.6 is 22.6 Å². The predicted octanol–water partition coefficient (Wildman–Crippen LogP) is 3.17. The Labute approximate surface area is 129 Å². The summed E-state index contributed by atoms with van der Waals surface area (Å²) in [6.45, 7) is 6.33. The van der Waals surface area contributed by atoms with E-state index in [9.17, 15) is 4.79 Å². The quantitative estimate of drug-likeness (QED) is 0.422. The Morgan fingerprint density at radius 2 is 2.21 bits per heavy atom. The number of amides is 1. The highest BCUT2D eigenvalue weighted by molar-refractivity contribution is 14.1. The summed E-state index contributed by atoms with van der Waals surface area (Å²) in [4.78, 5) is 11.9. The predicted molar refractivity (Wildman–Crippen MR) is 87.5 cm³/mol. The molecule has 3 nitrogen and oxygen atoms in total. The van der Waals surface area contributed by atoms with Crippen molar-refractivity contribution in [1.82, 2.24) is 5.32 Å². The van der Waals surface area contributed by atoms with Gasteiger partial charge in [-0.25, -0.2) is 0 Å². The minimum Gasteiger partial charge on any atom is -0.381 e. The molecule has 0 spiro atoms. The summed E-state index contributed by atoms with van der Waals surface area (Å²) in [6, 6.07) is 0. The summed E-state index contributed by atoms with van der Waals surface area (Å²) >= 11 is 2.34. The maximum absolute atomic E-state index is 11.9. The Morgan fingerprint density at radius 3 is 2.95 bits per heavy atom. The van der Waals surface area contributed by atoms with Gasteiger partial charge in [0, 0.05) is 25.3 Å². The van der Waals surface area contributed by atoms with Gasteiger partial charge in [-0.05, 0) is 25.8 Å². The van der Waals surface area contributed by atoms with Crippen LogP contribution in [0, 0.1) is 0 Å². The zero-order valence-corrected chi connectivity index (χ0v) is 13.8. The highest BCUT2D eigenvalue weighted by Gasteiger charge is 2.14. The topological polar surface area (TPSA) is 38.3 Å². The molecule has 1 N–H and O–H groups in total. The van der Waals surface area contributed by atoms with Crippen LogP contribution < -0.4 is 5.32 Å². The van der Waals surface area contributed by atoms with E-state index in [1.165, 1.54) is 0 Å². The maximum atomic E-state index is 11.9. The third-order valence-corrected chi connectivity index (χ3v) is 3.37. The third kappa shape index (κ3) is 6.92. The van der Waals surface area contributed by atoms with Gasteiger partial charge in [0.15, 0.2) is 0 Å². The van der Waals surface area contributed by atoms with E-state index < -0.39 is 0 Å². The molecule has 1 amide bonds. The number of halogens is 1. The molecule has 0 fully saturated rings. The normalized spacial score (nSPS) is 21.9. The first-order chi connectivity index (χ1) is 9.05. The van der Waals surface area contributed by atoms with Crippen molar-refractivity contribution in [3.8, 4) is 0 Å². The van der Waals surface area contributed by atoms with Crippen molar-refractivity contribution in [2.75, 3.05) is 19.8 Å². The lowest BCUT2D eigenvalue weighted by Crippen LogP contribution is -2.26. The molecule has 1 aliphatic carbocycles. The standard InChI is InChI=1S/C15H22INO2/c1-3-11-19-12-5-10-17-14(18)13-6-4-8-15(2,16)9-7-13/h4,6-9H,3,5,10-12H2,1-2H3,(H,17,18). The van der Waals surface area contributed by atoms with E-state index in [1.54, 1.807) is 0 Å². The van der Waals surface area contributed by atoms with Crippen LogP contribution in [0.2, 0.25) is 0 Å². The molecule has 19 heavy (non-hydrogen) atoms. The molecule has 0 saturated carbocycles. The van der Waals surface area contributed by atoms with Crippen LogP contribution in [0.5, 0.6) is 0 Å². The molecule has 0 aliphatic heterocycles. The van der Waals surface area contributed by atoms with Crippen molar-refractivity contribution < 1.29 is 9.53 Å². The van der Waals surface area contributed by atoms with E-state index in [2.05, 4.69) is 47.8 Å². The van der Waals surface area contributed by atoms with Crippen LogP contribution in [-0.4, -0.2) is 29.1 Å². The average molecular weight is 375 g/mol. The minimum atomic E-state index is -0.0235. The van der Waals surface area contributed by atoms with Crippen molar-refractivity contribution in [3.63, 3.8) is 0 Å². The molecule has 1 atom stereocenters. The highest BCUT2D eigenvalue weighted by Crippen LogP contribution is 2.24. The number of hydrogen-bond donors (Lipinski definition) is 1. The number of nitrogens with one attached hydrogen (secondary N) is 1. The Hall–Kier alpha value is -0.620. The molecule has 1 rings (SSSR count). The first kappa shape index (κ1) is 16.4. The molecule has 0 bridgehead atoms. The lowest BCUT2D eigenvalue weighted by Gasteiger charge is -2.10. The number of alkyl halides is 1. The van der Waals surface area contributed by atoms with Gasteiger partial charge in [-0.1, -0.05) is 53.8 Å². The molecule has 0 heterocycles. The Kier molecular flexibility index (Phi) is 7.38. The second-order valence-corrected chi connectivity index (χ2v) is 7.01. The van der Waals surface area contributed by atoms with Gasteiger partial charge in [0.25, 0.3) is 5.91 Å². The molecule has 1 aliphatic rings. The van der Waals surface area contributed by atoms with Crippen LogP contribution in [0.3, 0.4) is 0 Å². The molecule has 0 saturated heterocycles. The largest absolute Gasteiger partial charge is 0.381 e. The lowest BCUT2D eigenvalue weighted by molar-refractivity contribution is -0.117. The lowest BCUT2D eigenvalue weighted by atomic mass is 10.1. The van der Waals surface area contributed by atoms with Crippen LogP contribution in [0.25, 0.3) is 0 Å². The van der Waals surface area contributed by atoms with E-state index in [-0.39, 0.29) is 9.33 Å². The average Bonchev–Trinajstić information content (AvgIpc) is 2.54. The second kappa shape index (κ2) is 8.53. The van der Waals surface area contributed by atoms with Gasteiger partial charge in [0.2, 0.25) is 0 Å². The van der Waals surface area contributed by atoms with Crippen LogP contribution in [0.15, 0.2) is 36.0 Å². The molecular weight excluding hydrogens is 353 g/mol. The molecular formula is C15H22INO2. The summed E-state index contributed by atoms with van der Waals surface area (Å²) in [5.74, 6) is -0.0227. The van der Waals surface area contributed by atoms with Crippen LogP contribution in [-0.2, 0) is 9.53 Å². The van der Waals surface area contributed by atoms with Gasteiger partial charge in [-0.2, -0.15) is 0 Å². The summed E-state index contributed by atoms with van der Waals surface area (Å²) < 4.78 is 5.34. The highest BCUT2D eigenvalue weighted by atomic mass is 127. The summed E-state index contributed by atoms with van der Waals surface area (Å²) in [7, 11) is 0. The molecule has 4 heteroatoms. The number of rotatable bonds is 7. The molecule has 0 aromatic carbocycles. The van der Waals surface area contributed by atoms with Crippen molar-refractivity contribution in [2.45, 2.75) is 30.1 Å². The Balaban J connectivity index is 2.31. The zero-order chi connectivity index (χ0) is 14.1. The van der Waals surface area contributed by atoms with Gasteiger partial charge >= 0.3 is 0 Å². The van der Waals surface area contributed by atoms with Crippen molar-refractivity contribution in [2.24, 2.45) is 0 Å². The smallest absolute Gasteiger partial charge is 0.251 e. The third-order valence-electron chi connectivity index (χ3n) is 2.65. The van der Waals surface area contributed by atoms with Crippen LogP contribution in [0.1, 0.15) is 26.7 Å². The van der Waals surface area contributed by atoms with Crippen molar-refractivity contribution >= 4 is 28.5 Å². The fraction of sp³-hybridized carbons (Fsp3) is 0.533. The van der Waals surface area contributed by atoms with Crippen molar-refractivity contribution in [1.29, 1.82) is 0 Å². The van der Waals surface area contributed by atoms with Gasteiger partial charge in [0.1, 0.15) is 0 Å². The summed E-state index contributed by atoms with van der Waals surface area (Å²) in [5.41, 5.74) is 0.700. The maximum Gasteiger partial charge on any atom is 0.251 e. The number of allylic oxidation sites excluding steroid dienone is 4. The zero-order valence-electron chi connectivity index (χ0n) is 11.6. The number of carbonyl (C=O) groups excluding carboxylic acids is 1. The fourth-order valence-corrected chi connectivity index (χ4v) is 1.97. The fourth-order valence-electron chi connectivity index (χ4n) is 1.58. The molecule has 0 radical (unpaired) electrons. The summed E-state index contributed by atoms with van der Waals surface area (Å²) in [5, 5.41) is 2.91. The second-order valence-electron chi connectivity index (χ2n) is 4.69.